The van der Waals surface area contributed by atoms with Crippen LogP contribution in [0.5, 0.6) is 0 Å². The molecule has 1 fully saturated rings. The van der Waals surface area contributed by atoms with Crippen molar-refractivity contribution >= 4 is 17.5 Å². The molecule has 3 aromatic carbocycles. The Morgan fingerprint density at radius 3 is 2.33 bits per heavy atom. The van der Waals surface area contributed by atoms with Crippen molar-refractivity contribution in [2.75, 3.05) is 5.32 Å². The standard InChI is InChI=1S/C25H23FN2O2/c1-16-11-12-19(15-22(16)27-25(30)20-9-5-6-10-21(20)26)24(29)28-23(18-13-14-18)17-7-3-2-4-8-17/h2-12,15,18,23H,13-14H2,1H3,(H,27,30)(H,28,29). The molecule has 4 rings (SSSR count). The van der Waals surface area contributed by atoms with Crippen LogP contribution in [0, 0.1) is 18.7 Å². The number of anilines is 1. The van der Waals surface area contributed by atoms with Crippen molar-refractivity contribution < 1.29 is 14.0 Å². The summed E-state index contributed by atoms with van der Waals surface area (Å²) in [7, 11) is 0. The van der Waals surface area contributed by atoms with Crippen LogP contribution >= 0.6 is 0 Å². The third kappa shape index (κ3) is 4.40. The molecule has 0 aromatic heterocycles. The summed E-state index contributed by atoms with van der Waals surface area (Å²) in [5.41, 5.74) is 2.78. The summed E-state index contributed by atoms with van der Waals surface area (Å²) in [6.45, 7) is 1.83. The van der Waals surface area contributed by atoms with Crippen LogP contribution in [0.3, 0.4) is 0 Å². The Hall–Kier alpha value is -3.47. The van der Waals surface area contributed by atoms with Crippen LogP contribution < -0.4 is 10.6 Å². The topological polar surface area (TPSA) is 58.2 Å². The van der Waals surface area contributed by atoms with Gasteiger partial charge in [0.2, 0.25) is 0 Å². The Balaban J connectivity index is 1.53. The normalized spacial score (nSPS) is 14.1. The Kier molecular flexibility index (Phi) is 5.61. The molecule has 1 aliphatic rings. The summed E-state index contributed by atoms with van der Waals surface area (Å²) in [6, 6.07) is 20.9. The van der Waals surface area contributed by atoms with Gasteiger partial charge in [-0.25, -0.2) is 4.39 Å². The van der Waals surface area contributed by atoms with E-state index in [1.54, 1.807) is 24.3 Å². The molecule has 1 aliphatic carbocycles. The Morgan fingerprint density at radius 2 is 1.63 bits per heavy atom. The maximum atomic E-state index is 13.9. The fourth-order valence-electron chi connectivity index (χ4n) is 3.52. The molecule has 0 bridgehead atoms. The van der Waals surface area contributed by atoms with Crippen LogP contribution in [0.1, 0.15) is 50.7 Å². The van der Waals surface area contributed by atoms with E-state index < -0.39 is 11.7 Å². The lowest BCUT2D eigenvalue weighted by Gasteiger charge is -2.19. The molecule has 0 heterocycles. The molecule has 1 unspecified atom stereocenters. The van der Waals surface area contributed by atoms with Gasteiger partial charge in [0.1, 0.15) is 5.82 Å². The number of hydrogen-bond donors (Lipinski definition) is 2. The summed E-state index contributed by atoms with van der Waals surface area (Å²) in [4.78, 5) is 25.4. The van der Waals surface area contributed by atoms with E-state index in [2.05, 4.69) is 10.6 Å². The fourth-order valence-corrected chi connectivity index (χ4v) is 3.52. The maximum Gasteiger partial charge on any atom is 0.258 e. The molecule has 4 nitrogen and oxygen atoms in total. The predicted octanol–water partition coefficient (Wildman–Crippen LogP) is 5.27. The summed E-state index contributed by atoms with van der Waals surface area (Å²) in [5.74, 6) is -0.884. The first-order valence-electron chi connectivity index (χ1n) is 10.1. The molecule has 1 saturated carbocycles. The zero-order chi connectivity index (χ0) is 21.1. The van der Waals surface area contributed by atoms with Crippen molar-refractivity contribution in [2.24, 2.45) is 5.92 Å². The van der Waals surface area contributed by atoms with E-state index in [0.29, 0.717) is 17.2 Å². The highest BCUT2D eigenvalue weighted by Crippen LogP contribution is 2.41. The van der Waals surface area contributed by atoms with E-state index in [-0.39, 0.29) is 17.5 Å². The van der Waals surface area contributed by atoms with E-state index in [1.165, 1.54) is 18.2 Å². The highest BCUT2D eigenvalue weighted by atomic mass is 19.1. The number of amides is 2. The van der Waals surface area contributed by atoms with E-state index in [1.807, 2.05) is 37.3 Å². The SMILES string of the molecule is Cc1ccc(C(=O)NC(c2ccccc2)C2CC2)cc1NC(=O)c1ccccc1F. The van der Waals surface area contributed by atoms with Gasteiger partial charge in [0.25, 0.3) is 11.8 Å². The fraction of sp³-hybridized carbons (Fsp3) is 0.200. The van der Waals surface area contributed by atoms with Gasteiger partial charge in [-0.15, -0.1) is 0 Å². The lowest BCUT2D eigenvalue weighted by molar-refractivity contribution is 0.0930. The monoisotopic (exact) mass is 402 g/mol. The smallest absolute Gasteiger partial charge is 0.258 e. The number of rotatable bonds is 6. The van der Waals surface area contributed by atoms with Gasteiger partial charge in [0.15, 0.2) is 0 Å². The molecule has 2 N–H and O–H groups in total. The van der Waals surface area contributed by atoms with Gasteiger partial charge in [-0.05, 0) is 61.1 Å². The molecular weight excluding hydrogens is 379 g/mol. The molecular formula is C25H23FN2O2. The first kappa shape index (κ1) is 19.8. The first-order valence-corrected chi connectivity index (χ1v) is 10.1. The van der Waals surface area contributed by atoms with Gasteiger partial charge in [-0.3, -0.25) is 9.59 Å². The van der Waals surface area contributed by atoms with E-state index >= 15 is 0 Å². The van der Waals surface area contributed by atoms with Gasteiger partial charge < -0.3 is 10.6 Å². The average Bonchev–Trinajstić information content (AvgIpc) is 3.59. The summed E-state index contributed by atoms with van der Waals surface area (Å²) in [6.07, 6.45) is 2.19. The molecule has 0 aliphatic heterocycles. The number of nitrogens with one attached hydrogen (secondary N) is 2. The zero-order valence-electron chi connectivity index (χ0n) is 16.7. The van der Waals surface area contributed by atoms with E-state index in [0.717, 1.165) is 24.0 Å². The molecule has 3 aromatic rings. The average molecular weight is 402 g/mol. The zero-order valence-corrected chi connectivity index (χ0v) is 16.7. The van der Waals surface area contributed by atoms with Gasteiger partial charge in [-0.2, -0.15) is 0 Å². The lowest BCUT2D eigenvalue weighted by atomic mass is 10.0. The molecule has 152 valence electrons. The number of halogens is 1. The van der Waals surface area contributed by atoms with Gasteiger partial charge in [0.05, 0.1) is 11.6 Å². The van der Waals surface area contributed by atoms with Crippen LogP contribution in [-0.2, 0) is 0 Å². The molecule has 0 saturated heterocycles. The van der Waals surface area contributed by atoms with Gasteiger partial charge >= 0.3 is 0 Å². The number of carbonyl (C=O) groups excluding carboxylic acids is 2. The van der Waals surface area contributed by atoms with Crippen molar-refractivity contribution in [3.05, 3.63) is 101 Å². The quantitative estimate of drug-likeness (QED) is 0.590. The molecule has 1 atom stereocenters. The lowest BCUT2D eigenvalue weighted by Crippen LogP contribution is -2.30. The third-order valence-corrected chi connectivity index (χ3v) is 5.41. The third-order valence-electron chi connectivity index (χ3n) is 5.41. The van der Waals surface area contributed by atoms with Crippen LogP contribution in [0.2, 0.25) is 0 Å². The van der Waals surface area contributed by atoms with Crippen molar-refractivity contribution in [3.8, 4) is 0 Å². The largest absolute Gasteiger partial charge is 0.345 e. The minimum atomic E-state index is -0.586. The van der Waals surface area contributed by atoms with E-state index in [9.17, 15) is 14.0 Å². The van der Waals surface area contributed by atoms with Crippen molar-refractivity contribution in [1.82, 2.24) is 5.32 Å². The van der Waals surface area contributed by atoms with Crippen LogP contribution in [0.15, 0.2) is 72.8 Å². The first-order chi connectivity index (χ1) is 14.5. The van der Waals surface area contributed by atoms with Crippen LogP contribution in [0.4, 0.5) is 10.1 Å². The van der Waals surface area contributed by atoms with Gasteiger partial charge in [0, 0.05) is 11.3 Å². The minimum Gasteiger partial charge on any atom is -0.345 e. The van der Waals surface area contributed by atoms with Crippen molar-refractivity contribution in [3.63, 3.8) is 0 Å². The number of carbonyl (C=O) groups is 2. The second-order valence-electron chi connectivity index (χ2n) is 7.66. The maximum absolute atomic E-state index is 13.9. The molecule has 0 spiro atoms. The Morgan fingerprint density at radius 1 is 0.933 bits per heavy atom. The number of aryl methyl sites for hydroxylation is 1. The molecule has 30 heavy (non-hydrogen) atoms. The molecule has 0 radical (unpaired) electrons. The number of benzene rings is 3. The van der Waals surface area contributed by atoms with Crippen LogP contribution in [0.25, 0.3) is 0 Å². The second kappa shape index (κ2) is 8.49. The van der Waals surface area contributed by atoms with Crippen LogP contribution in [-0.4, -0.2) is 11.8 Å². The second-order valence-corrected chi connectivity index (χ2v) is 7.66. The summed E-state index contributed by atoms with van der Waals surface area (Å²) >= 11 is 0. The molecule has 5 heteroatoms. The highest BCUT2D eigenvalue weighted by Gasteiger charge is 2.33. The predicted molar refractivity (Wildman–Crippen MR) is 115 cm³/mol. The number of hydrogen-bond acceptors (Lipinski definition) is 2. The van der Waals surface area contributed by atoms with E-state index in [4.69, 9.17) is 0 Å². The summed E-state index contributed by atoms with van der Waals surface area (Å²) < 4.78 is 13.9. The minimum absolute atomic E-state index is 0.0311. The molecule has 2 amide bonds. The van der Waals surface area contributed by atoms with Gasteiger partial charge in [-0.1, -0.05) is 48.5 Å². The highest BCUT2D eigenvalue weighted by molar-refractivity contribution is 6.05. The Labute approximate surface area is 175 Å². The summed E-state index contributed by atoms with van der Waals surface area (Å²) in [5, 5.41) is 5.86. The Bertz CT molecular complexity index is 1080. The van der Waals surface area contributed by atoms with Crippen molar-refractivity contribution in [1.29, 1.82) is 0 Å². The van der Waals surface area contributed by atoms with Crippen molar-refractivity contribution in [2.45, 2.75) is 25.8 Å².